The van der Waals surface area contributed by atoms with E-state index in [-0.39, 0.29) is 0 Å². The van der Waals surface area contributed by atoms with E-state index >= 15 is 0 Å². The Balaban J connectivity index is 1.87. The van der Waals surface area contributed by atoms with Crippen molar-refractivity contribution in [2.75, 3.05) is 0 Å². The van der Waals surface area contributed by atoms with E-state index in [2.05, 4.69) is 69.1 Å². The maximum absolute atomic E-state index is 11.2. The summed E-state index contributed by atoms with van der Waals surface area (Å²) in [5, 5.41) is 18.5. The molecule has 4 rings (SSSR count). The number of carboxylic acid groups (broad SMARTS) is 1. The number of hydrogen-bond donors (Lipinski definition) is 1. The molecule has 0 radical (unpaired) electrons. The minimum atomic E-state index is -0.899. The van der Waals surface area contributed by atoms with Gasteiger partial charge in [-0.15, -0.1) is 10.2 Å². The lowest BCUT2D eigenvalue weighted by Gasteiger charge is -2.08. The smallest absolute Gasteiger partial charge is 0.316 e. The van der Waals surface area contributed by atoms with Crippen LogP contribution in [0, 0.1) is 13.8 Å². The van der Waals surface area contributed by atoms with Gasteiger partial charge in [-0.3, -0.25) is 4.79 Å². The van der Waals surface area contributed by atoms with Gasteiger partial charge >= 0.3 is 5.97 Å². The quantitative estimate of drug-likeness (QED) is 0.513. The Morgan fingerprint density at radius 1 is 1.11 bits per heavy atom. The summed E-state index contributed by atoms with van der Waals surface area (Å²) in [6, 6.07) is 14.6. The fourth-order valence-corrected chi connectivity index (χ4v) is 3.79. The second kappa shape index (κ2) is 7.24. The van der Waals surface area contributed by atoms with Crippen LogP contribution in [-0.2, 0) is 11.3 Å². The molecule has 2 aromatic heterocycles. The summed E-state index contributed by atoms with van der Waals surface area (Å²) >= 11 is 1.10. The molecule has 0 aliphatic heterocycles. The van der Waals surface area contributed by atoms with Crippen molar-refractivity contribution >= 4 is 39.8 Å². The Labute approximate surface area is 166 Å². The topological polar surface area (TPSA) is 80.9 Å². The molecule has 0 saturated carbocycles. The predicted octanol–water partition coefficient (Wildman–Crippen LogP) is 4.21. The van der Waals surface area contributed by atoms with E-state index in [9.17, 15) is 9.90 Å². The second-order valence-corrected chi connectivity index (χ2v) is 8.27. The van der Waals surface area contributed by atoms with Crippen LogP contribution in [-0.4, -0.2) is 36.1 Å². The van der Waals surface area contributed by atoms with Crippen LogP contribution < -0.4 is 0 Å². The number of fused-ring (bicyclic) bond motifs is 3. The summed E-state index contributed by atoms with van der Waals surface area (Å²) in [6.45, 7) is 6.38. The van der Waals surface area contributed by atoms with Gasteiger partial charge in [0.05, 0.1) is 5.52 Å². The van der Waals surface area contributed by atoms with Crippen molar-refractivity contribution in [1.29, 1.82) is 0 Å². The fraction of sp³-hybridized carbons (Fsp3) is 0.238. The number of carbonyl (C=O) groups is 1. The van der Waals surface area contributed by atoms with Crippen LogP contribution >= 0.6 is 11.8 Å². The molecule has 0 saturated heterocycles. The molecule has 4 aromatic rings. The van der Waals surface area contributed by atoms with Crippen molar-refractivity contribution in [3.8, 4) is 0 Å². The lowest BCUT2D eigenvalue weighted by Crippen LogP contribution is -2.12. The normalized spacial score (nSPS) is 12.5. The zero-order chi connectivity index (χ0) is 19.8. The number of hydrogen-bond acceptors (Lipinski definition) is 5. The SMILES string of the molecule is Cc1ccc(Cn2c3ccc(C)cc3c3nnc(SC(C)C(=O)O)nc32)cc1. The number of benzene rings is 2. The number of aryl methyl sites for hydroxylation is 2. The van der Waals surface area contributed by atoms with Crippen molar-refractivity contribution in [2.45, 2.75) is 37.7 Å². The number of thioether (sulfide) groups is 1. The summed E-state index contributed by atoms with van der Waals surface area (Å²) in [7, 11) is 0. The minimum Gasteiger partial charge on any atom is -0.480 e. The Bertz CT molecular complexity index is 1180. The highest BCUT2D eigenvalue weighted by molar-refractivity contribution is 8.00. The van der Waals surface area contributed by atoms with Gasteiger partial charge < -0.3 is 9.67 Å². The number of nitrogens with zero attached hydrogens (tertiary/aromatic N) is 4. The third-order valence-corrected chi connectivity index (χ3v) is 5.63. The van der Waals surface area contributed by atoms with E-state index in [1.54, 1.807) is 6.92 Å². The molecule has 1 atom stereocenters. The standard InChI is InChI=1S/C21H20N4O2S/c1-12-4-7-15(8-5-12)11-25-17-9-6-13(2)10-16(17)18-19(25)22-21(24-23-18)28-14(3)20(26)27/h4-10,14H,11H2,1-3H3,(H,26,27). The van der Waals surface area contributed by atoms with Gasteiger partial charge in [0.1, 0.15) is 10.8 Å². The molecule has 0 spiro atoms. The molecule has 28 heavy (non-hydrogen) atoms. The molecule has 1 N–H and O–H groups in total. The van der Waals surface area contributed by atoms with E-state index in [0.29, 0.717) is 11.7 Å². The Hall–Kier alpha value is -2.93. The average Bonchev–Trinajstić information content (AvgIpc) is 2.96. The Kier molecular flexibility index (Phi) is 4.77. The highest BCUT2D eigenvalue weighted by Gasteiger charge is 2.19. The molecule has 7 heteroatoms. The maximum atomic E-state index is 11.2. The molecule has 0 fully saturated rings. The summed E-state index contributed by atoms with van der Waals surface area (Å²) in [4.78, 5) is 15.8. The third kappa shape index (κ3) is 3.45. The zero-order valence-electron chi connectivity index (χ0n) is 15.9. The van der Waals surface area contributed by atoms with Crippen LogP contribution in [0.2, 0.25) is 0 Å². The highest BCUT2D eigenvalue weighted by Crippen LogP contribution is 2.29. The first-order valence-corrected chi connectivity index (χ1v) is 9.88. The molecule has 6 nitrogen and oxygen atoms in total. The van der Waals surface area contributed by atoms with Crippen molar-refractivity contribution in [3.05, 3.63) is 59.2 Å². The fourth-order valence-electron chi connectivity index (χ4n) is 3.15. The van der Waals surface area contributed by atoms with Crippen molar-refractivity contribution in [3.63, 3.8) is 0 Å². The molecule has 0 aliphatic rings. The molecule has 0 aliphatic carbocycles. The molecule has 0 amide bonds. The number of rotatable bonds is 5. The van der Waals surface area contributed by atoms with Crippen LogP contribution in [0.3, 0.4) is 0 Å². The van der Waals surface area contributed by atoms with Crippen LogP contribution in [0.4, 0.5) is 0 Å². The first-order valence-electron chi connectivity index (χ1n) is 9.00. The van der Waals surface area contributed by atoms with Gasteiger partial charge in [-0.1, -0.05) is 53.2 Å². The van der Waals surface area contributed by atoms with Crippen molar-refractivity contribution in [2.24, 2.45) is 0 Å². The summed E-state index contributed by atoms with van der Waals surface area (Å²) < 4.78 is 2.12. The van der Waals surface area contributed by atoms with Gasteiger partial charge in [-0.25, -0.2) is 4.98 Å². The van der Waals surface area contributed by atoms with Gasteiger partial charge in [0.15, 0.2) is 5.65 Å². The van der Waals surface area contributed by atoms with Crippen LogP contribution in [0.1, 0.15) is 23.6 Å². The lowest BCUT2D eigenvalue weighted by molar-refractivity contribution is -0.136. The summed E-state index contributed by atoms with van der Waals surface area (Å²) in [5.41, 5.74) is 6.01. The van der Waals surface area contributed by atoms with Crippen molar-refractivity contribution < 1.29 is 9.90 Å². The van der Waals surface area contributed by atoms with E-state index < -0.39 is 11.2 Å². The molecule has 142 valence electrons. The number of carboxylic acids is 1. The first-order chi connectivity index (χ1) is 13.4. The molecule has 0 bridgehead atoms. The monoisotopic (exact) mass is 392 g/mol. The van der Waals surface area contributed by atoms with Crippen molar-refractivity contribution in [1.82, 2.24) is 19.7 Å². The maximum Gasteiger partial charge on any atom is 0.316 e. The van der Waals surface area contributed by atoms with Gasteiger partial charge in [0.25, 0.3) is 0 Å². The Morgan fingerprint density at radius 3 is 2.54 bits per heavy atom. The predicted molar refractivity (Wildman–Crippen MR) is 111 cm³/mol. The second-order valence-electron chi connectivity index (χ2n) is 6.96. The molecular weight excluding hydrogens is 372 g/mol. The number of aromatic nitrogens is 4. The van der Waals surface area contributed by atoms with Crippen LogP contribution in [0.15, 0.2) is 47.6 Å². The summed E-state index contributed by atoms with van der Waals surface area (Å²) in [6.07, 6.45) is 0. The molecule has 2 aromatic carbocycles. The molecule has 1 unspecified atom stereocenters. The molecular formula is C21H20N4O2S. The Morgan fingerprint density at radius 2 is 1.82 bits per heavy atom. The minimum absolute atomic E-state index is 0.368. The van der Waals surface area contributed by atoms with Gasteiger partial charge in [0, 0.05) is 11.9 Å². The van der Waals surface area contributed by atoms with Gasteiger partial charge in [0.2, 0.25) is 5.16 Å². The number of aliphatic carboxylic acids is 1. The van der Waals surface area contributed by atoms with Crippen LogP contribution in [0.5, 0.6) is 0 Å². The highest BCUT2D eigenvalue weighted by atomic mass is 32.2. The first kappa shape index (κ1) is 18.4. The third-order valence-electron chi connectivity index (χ3n) is 4.69. The van der Waals surface area contributed by atoms with E-state index in [0.717, 1.165) is 45.0 Å². The average molecular weight is 392 g/mol. The largest absolute Gasteiger partial charge is 0.480 e. The van der Waals surface area contributed by atoms with E-state index in [1.165, 1.54) is 5.56 Å². The van der Waals surface area contributed by atoms with Gasteiger partial charge in [-0.05, 0) is 38.5 Å². The van der Waals surface area contributed by atoms with E-state index in [1.807, 2.05) is 6.92 Å². The van der Waals surface area contributed by atoms with Crippen LogP contribution in [0.25, 0.3) is 22.1 Å². The van der Waals surface area contributed by atoms with E-state index in [4.69, 9.17) is 0 Å². The van der Waals surface area contributed by atoms with Gasteiger partial charge in [-0.2, -0.15) is 0 Å². The summed E-state index contributed by atoms with van der Waals surface area (Å²) in [5.74, 6) is -0.899. The lowest BCUT2D eigenvalue weighted by atomic mass is 10.1. The molecule has 2 heterocycles. The zero-order valence-corrected chi connectivity index (χ0v) is 16.7.